The van der Waals surface area contributed by atoms with Crippen LogP contribution in [0.3, 0.4) is 0 Å². The van der Waals surface area contributed by atoms with Crippen molar-refractivity contribution in [2.24, 2.45) is 10.4 Å². The highest BCUT2D eigenvalue weighted by Gasteiger charge is 2.34. The van der Waals surface area contributed by atoms with Gasteiger partial charge in [-0.1, -0.05) is 99.6 Å². The molecule has 0 N–H and O–H groups in total. The van der Waals surface area contributed by atoms with Gasteiger partial charge in [-0.05, 0) is 30.0 Å². The molecule has 1 atom stereocenters. The lowest BCUT2D eigenvalue weighted by Crippen LogP contribution is -2.25. The minimum atomic E-state index is -0.714. The van der Waals surface area contributed by atoms with Crippen molar-refractivity contribution >= 4 is 50.5 Å². The summed E-state index contributed by atoms with van der Waals surface area (Å²) in [5.41, 5.74) is 1.27. The van der Waals surface area contributed by atoms with Gasteiger partial charge in [-0.15, -0.1) is 11.3 Å². The zero-order valence-electron chi connectivity index (χ0n) is 18.1. The fourth-order valence-electron chi connectivity index (χ4n) is 3.89. The first-order valence-corrected chi connectivity index (χ1v) is 12.8. The summed E-state index contributed by atoms with van der Waals surface area (Å²) >= 11 is 1.89. The summed E-state index contributed by atoms with van der Waals surface area (Å²) in [4.78, 5) is 5.09. The number of aliphatic imine (C=N–C) groups is 1. The van der Waals surface area contributed by atoms with Gasteiger partial charge in [0.05, 0.1) is 16.2 Å². The third-order valence-corrected chi connectivity index (χ3v) is 9.73. The van der Waals surface area contributed by atoms with E-state index in [0.29, 0.717) is 6.61 Å². The molecule has 2 nitrogen and oxygen atoms in total. The van der Waals surface area contributed by atoms with Crippen LogP contribution in [0.1, 0.15) is 26.3 Å². The second kappa shape index (κ2) is 8.22. The van der Waals surface area contributed by atoms with Crippen molar-refractivity contribution in [1.82, 2.24) is 0 Å². The largest absolute Gasteiger partial charge is 0.475 e. The molecule has 2 heterocycles. The average molecular weight is 444 g/mol. The van der Waals surface area contributed by atoms with E-state index in [-0.39, 0.29) is 11.5 Å². The Morgan fingerprint density at radius 3 is 2.00 bits per heavy atom. The number of nitrogens with zero attached hydrogens (tertiary/aromatic N) is 1. The van der Waals surface area contributed by atoms with Crippen molar-refractivity contribution in [2.75, 3.05) is 6.61 Å². The van der Waals surface area contributed by atoms with Gasteiger partial charge in [0, 0.05) is 10.1 Å². The molecule has 1 aliphatic rings. The minimum Gasteiger partial charge on any atom is -0.475 e. The molecule has 156 valence electrons. The third-order valence-electron chi connectivity index (χ3n) is 5.67. The number of benzene rings is 3. The zero-order chi connectivity index (χ0) is 21.4. The summed E-state index contributed by atoms with van der Waals surface area (Å²) in [6.45, 7) is 7.36. The van der Waals surface area contributed by atoms with Crippen LogP contribution in [-0.4, -0.2) is 18.5 Å². The lowest BCUT2D eigenvalue weighted by Gasteiger charge is -2.21. The highest BCUT2D eigenvalue weighted by atomic mass is 32.1. The molecule has 3 aromatic carbocycles. The molecular formula is C27H26NOPS. The van der Waals surface area contributed by atoms with Gasteiger partial charge in [-0.3, -0.25) is 0 Å². The normalized spacial score (nSPS) is 16.5. The first kappa shape index (κ1) is 20.4. The van der Waals surface area contributed by atoms with Crippen LogP contribution in [0.2, 0.25) is 0 Å². The van der Waals surface area contributed by atoms with Crippen molar-refractivity contribution in [3.8, 4) is 0 Å². The Morgan fingerprint density at radius 1 is 0.839 bits per heavy atom. The molecule has 0 saturated carbocycles. The average Bonchev–Trinajstić information content (AvgIpc) is 3.40. The van der Waals surface area contributed by atoms with E-state index in [4.69, 9.17) is 9.73 Å². The molecule has 0 bridgehead atoms. The van der Waals surface area contributed by atoms with Crippen molar-refractivity contribution in [3.05, 3.63) is 90.5 Å². The SMILES string of the molecule is CC(C)(C)[C@H]1COC(c2c(P(c3ccccc3)c3ccccc3)sc3ccccc23)=N1. The second-order valence-corrected chi connectivity index (χ2v) is 12.4. The molecule has 4 heteroatoms. The molecule has 0 saturated heterocycles. The Kier molecular flexibility index (Phi) is 5.42. The van der Waals surface area contributed by atoms with Crippen LogP contribution < -0.4 is 15.2 Å². The van der Waals surface area contributed by atoms with Gasteiger partial charge in [0.25, 0.3) is 0 Å². The van der Waals surface area contributed by atoms with Crippen LogP contribution >= 0.6 is 19.3 Å². The van der Waals surface area contributed by atoms with Crippen molar-refractivity contribution in [2.45, 2.75) is 26.8 Å². The molecule has 4 aromatic rings. The summed E-state index contributed by atoms with van der Waals surface area (Å²) in [7, 11) is -0.714. The van der Waals surface area contributed by atoms with Crippen LogP contribution in [-0.2, 0) is 4.74 Å². The van der Waals surface area contributed by atoms with E-state index in [9.17, 15) is 0 Å². The summed E-state index contributed by atoms with van der Waals surface area (Å²) in [5, 5.41) is 3.94. The highest BCUT2D eigenvalue weighted by molar-refractivity contribution is 7.84. The molecule has 0 radical (unpaired) electrons. The maximum absolute atomic E-state index is 6.27. The van der Waals surface area contributed by atoms with Gasteiger partial charge in [-0.2, -0.15) is 0 Å². The predicted molar refractivity (Wildman–Crippen MR) is 136 cm³/mol. The van der Waals surface area contributed by atoms with Gasteiger partial charge < -0.3 is 4.74 Å². The van der Waals surface area contributed by atoms with E-state index in [1.807, 2.05) is 11.3 Å². The van der Waals surface area contributed by atoms with Crippen LogP contribution in [0.25, 0.3) is 10.1 Å². The molecule has 0 unspecified atom stereocenters. The molecule has 0 fully saturated rings. The van der Waals surface area contributed by atoms with Gasteiger partial charge in [0.2, 0.25) is 5.90 Å². The first-order valence-electron chi connectivity index (χ1n) is 10.6. The number of rotatable bonds is 4. The smallest absolute Gasteiger partial charge is 0.218 e. The van der Waals surface area contributed by atoms with Gasteiger partial charge in [0.1, 0.15) is 6.61 Å². The first-order chi connectivity index (χ1) is 15.0. The molecule has 31 heavy (non-hydrogen) atoms. The quantitative estimate of drug-likeness (QED) is 0.363. The van der Waals surface area contributed by atoms with Crippen molar-refractivity contribution in [1.29, 1.82) is 0 Å². The number of thiophene rings is 1. The summed E-state index contributed by atoms with van der Waals surface area (Å²) < 4.78 is 8.93. The van der Waals surface area contributed by atoms with E-state index < -0.39 is 7.92 Å². The Bertz CT molecular complexity index is 1190. The maximum Gasteiger partial charge on any atom is 0.218 e. The molecule has 1 aliphatic heterocycles. The molecule has 0 amide bonds. The molecule has 5 rings (SSSR count). The molecule has 1 aromatic heterocycles. The number of hydrogen-bond acceptors (Lipinski definition) is 3. The molecular weight excluding hydrogens is 417 g/mol. The standard InChI is InChI=1S/C27H26NOPS/c1-27(2,3)23-18-29-25(28-23)24-21-16-10-11-17-22(21)31-26(24)30(19-12-6-4-7-13-19)20-14-8-5-9-15-20/h4-17,23H,18H2,1-3H3/t23-/m1/s1. The van der Waals surface area contributed by atoms with E-state index in [1.165, 1.54) is 30.9 Å². The Balaban J connectivity index is 1.75. The zero-order valence-corrected chi connectivity index (χ0v) is 19.8. The number of hydrogen-bond donors (Lipinski definition) is 0. The minimum absolute atomic E-state index is 0.0807. The Morgan fingerprint density at radius 2 is 1.42 bits per heavy atom. The van der Waals surface area contributed by atoms with Crippen molar-refractivity contribution < 1.29 is 4.74 Å². The van der Waals surface area contributed by atoms with Crippen LogP contribution in [0.5, 0.6) is 0 Å². The van der Waals surface area contributed by atoms with E-state index >= 15 is 0 Å². The topological polar surface area (TPSA) is 21.6 Å². The molecule has 0 spiro atoms. The highest BCUT2D eigenvalue weighted by Crippen LogP contribution is 2.41. The van der Waals surface area contributed by atoms with E-state index in [1.54, 1.807) is 0 Å². The lowest BCUT2D eigenvalue weighted by atomic mass is 9.88. The molecule has 0 aliphatic carbocycles. The van der Waals surface area contributed by atoms with Crippen molar-refractivity contribution in [3.63, 3.8) is 0 Å². The fourth-order valence-corrected chi connectivity index (χ4v) is 8.26. The second-order valence-electron chi connectivity index (χ2n) is 8.91. The summed E-state index contributed by atoms with van der Waals surface area (Å²) in [5.74, 6) is 0.812. The summed E-state index contributed by atoms with van der Waals surface area (Å²) in [6.07, 6.45) is 0. The van der Waals surface area contributed by atoms with Crippen LogP contribution in [0, 0.1) is 5.41 Å². The lowest BCUT2D eigenvalue weighted by molar-refractivity contribution is 0.236. The number of ether oxygens (including phenoxy) is 1. The van der Waals surface area contributed by atoms with Gasteiger partial charge >= 0.3 is 0 Å². The number of fused-ring (bicyclic) bond motifs is 1. The Labute approximate surface area is 189 Å². The summed E-state index contributed by atoms with van der Waals surface area (Å²) in [6, 6.07) is 30.6. The third kappa shape index (κ3) is 3.93. The van der Waals surface area contributed by atoms with Crippen LogP contribution in [0.15, 0.2) is 89.9 Å². The monoisotopic (exact) mass is 443 g/mol. The fraction of sp³-hybridized carbons (Fsp3) is 0.222. The maximum atomic E-state index is 6.27. The Hall–Kier alpha value is -2.48. The van der Waals surface area contributed by atoms with Gasteiger partial charge in [-0.25, -0.2) is 4.99 Å². The van der Waals surface area contributed by atoms with E-state index in [2.05, 4.69) is 106 Å². The van der Waals surface area contributed by atoms with Gasteiger partial charge in [0.15, 0.2) is 0 Å². The van der Waals surface area contributed by atoms with E-state index in [0.717, 1.165) is 5.90 Å². The predicted octanol–water partition coefficient (Wildman–Crippen LogP) is 5.85. The van der Waals surface area contributed by atoms with Crippen LogP contribution in [0.4, 0.5) is 0 Å².